The minimum atomic E-state index is -2.83. The number of hydrogen-bond donors (Lipinski definition) is 12. The lowest BCUT2D eigenvalue weighted by molar-refractivity contribution is -0.236. The lowest BCUT2D eigenvalue weighted by Crippen LogP contribution is -2.78. The van der Waals surface area contributed by atoms with Crippen molar-refractivity contribution < 1.29 is 75.3 Å². The molecule has 2 fully saturated rings. The first-order chi connectivity index (χ1) is 21.3. The highest BCUT2D eigenvalue weighted by Crippen LogP contribution is 2.36. The van der Waals surface area contributed by atoms with Crippen LogP contribution in [-0.4, -0.2) is 157 Å². The summed E-state index contributed by atoms with van der Waals surface area (Å²) in [5.41, 5.74) is 15.1. The Bertz CT molecular complexity index is 1120. The fourth-order valence-electron chi connectivity index (χ4n) is 5.34. The van der Waals surface area contributed by atoms with Gasteiger partial charge in [0.25, 0.3) is 0 Å². The van der Waals surface area contributed by atoms with E-state index in [1.54, 1.807) is 0 Å². The number of aliphatic hydroxyl groups excluding tert-OH is 5. The van der Waals surface area contributed by atoms with Crippen molar-refractivity contribution in [3.05, 3.63) is 0 Å². The molecule has 2 heterocycles. The van der Waals surface area contributed by atoms with Crippen LogP contribution in [0.2, 0.25) is 1.41 Å². The van der Waals surface area contributed by atoms with Gasteiger partial charge in [-0.25, -0.2) is 4.79 Å². The minimum absolute atomic E-state index is 0.0629. The van der Waals surface area contributed by atoms with Crippen LogP contribution in [-0.2, 0) is 38.2 Å². The van der Waals surface area contributed by atoms with E-state index in [2.05, 4.69) is 5.32 Å². The number of carbonyl (C=O) groups is 5. The van der Waals surface area contributed by atoms with E-state index < -0.39 is 141 Å². The van der Waals surface area contributed by atoms with Crippen molar-refractivity contribution >= 4 is 29.7 Å². The maximum absolute atomic E-state index is 14.4. The quantitative estimate of drug-likeness (QED) is 0.0780. The van der Waals surface area contributed by atoms with Crippen LogP contribution in [0.25, 0.3) is 0 Å². The molecule has 0 radical (unpaired) electrons. The summed E-state index contributed by atoms with van der Waals surface area (Å²) in [5.74, 6) is -6.68. The Morgan fingerprint density at radius 2 is 1.53 bits per heavy atom. The van der Waals surface area contributed by atoms with Gasteiger partial charge >= 0.3 is 11.9 Å². The molecule has 2 saturated heterocycles. The zero-order chi connectivity index (χ0) is 35.3. The number of nitrogens with one attached hydrogen (secondary N) is 2. The number of aliphatic hydroxyl groups is 5. The highest BCUT2D eigenvalue weighted by molar-refractivity contribution is 5.95. The van der Waals surface area contributed by atoms with Gasteiger partial charge in [-0.15, -0.1) is 0 Å². The van der Waals surface area contributed by atoms with Crippen molar-refractivity contribution in [1.29, 1.82) is 0 Å². The number of carbonyl (C=O) groups excluding carboxylic acids is 3. The van der Waals surface area contributed by atoms with Gasteiger partial charge in [0.05, 0.1) is 31.4 Å². The molecule has 0 saturated carbocycles. The van der Waals surface area contributed by atoms with Crippen LogP contribution < -0.4 is 27.8 Å². The number of carboxylic acids is 2. The van der Waals surface area contributed by atoms with E-state index >= 15 is 0 Å². The molecule has 0 aromatic rings. The number of primary amides is 1. The summed E-state index contributed by atoms with van der Waals surface area (Å²) >= 11 is 0. The van der Waals surface area contributed by atoms with Gasteiger partial charge in [0.2, 0.25) is 17.7 Å². The molecular weight excluding hydrogens is 610 g/mol. The van der Waals surface area contributed by atoms with Crippen molar-refractivity contribution in [2.24, 2.45) is 17.2 Å². The molecule has 2 aliphatic rings. The highest BCUT2D eigenvalue weighted by atomic mass is 16.6. The molecule has 2 rings (SSSR count). The Labute approximate surface area is 258 Å². The van der Waals surface area contributed by atoms with Crippen molar-refractivity contribution in [3.63, 3.8) is 0 Å². The van der Waals surface area contributed by atoms with Crippen molar-refractivity contribution in [2.75, 3.05) is 13.2 Å². The number of hydrogen-bond acceptors (Lipinski definition) is 15. The number of amides is 3. The average molecular weight is 655 g/mol. The lowest BCUT2D eigenvalue weighted by atomic mass is 9.74. The monoisotopic (exact) mass is 654 g/mol. The molecule has 20 heteroatoms. The second-order valence-corrected chi connectivity index (χ2v) is 11.0. The van der Waals surface area contributed by atoms with Crippen LogP contribution in [0.15, 0.2) is 0 Å². The van der Waals surface area contributed by atoms with Gasteiger partial charge in [0.1, 0.15) is 54.3 Å². The maximum Gasteiger partial charge on any atom is 0.332 e. The summed E-state index contributed by atoms with van der Waals surface area (Å²) < 4.78 is 25.7. The largest absolute Gasteiger partial charge is 0.481 e. The Balaban J connectivity index is 2.83. The molecule has 20 nitrogen and oxygen atoms in total. The summed E-state index contributed by atoms with van der Waals surface area (Å²) in [4.78, 5) is 62.3. The SMILES string of the molecule is [2H]N(C(C)=O)[C@@](CC1O[C@H](CO)[C@@H](O)[C@H](O)[C@H]1N)(C(=O)N[C@@H](CCC(=O)O)C(N)=O)C1O[C@H](CO)[C@@H](O)[C@H](O[C@H](C)C(=O)O)[C@H]1N. The van der Waals surface area contributed by atoms with E-state index in [0.29, 0.717) is 0 Å². The summed E-state index contributed by atoms with van der Waals surface area (Å²) in [6, 6.07) is -5.09. The maximum atomic E-state index is 14.4. The molecule has 258 valence electrons. The van der Waals surface area contributed by atoms with Crippen LogP contribution in [0.1, 0.15) is 33.1 Å². The topological polar surface area (TPSA) is 357 Å². The zero-order valence-corrected chi connectivity index (χ0v) is 24.5. The van der Waals surface area contributed by atoms with E-state index in [1.807, 2.05) is 0 Å². The third-order valence-corrected chi connectivity index (χ3v) is 7.77. The zero-order valence-electron chi connectivity index (χ0n) is 25.5. The van der Waals surface area contributed by atoms with Gasteiger partial charge in [-0.2, -0.15) is 0 Å². The van der Waals surface area contributed by atoms with Crippen LogP contribution in [0.4, 0.5) is 0 Å². The molecule has 0 bridgehead atoms. The van der Waals surface area contributed by atoms with E-state index in [-0.39, 0.29) is 5.31 Å². The van der Waals surface area contributed by atoms with Gasteiger partial charge in [-0.05, 0) is 13.3 Å². The van der Waals surface area contributed by atoms with E-state index in [4.69, 9.17) is 37.9 Å². The molecule has 0 aliphatic carbocycles. The Morgan fingerprint density at radius 3 is 2.02 bits per heavy atom. The second-order valence-electron chi connectivity index (χ2n) is 11.0. The smallest absolute Gasteiger partial charge is 0.332 e. The first kappa shape index (κ1) is 36.4. The number of rotatable bonds is 15. The van der Waals surface area contributed by atoms with Gasteiger partial charge in [0.15, 0.2) is 7.52 Å². The van der Waals surface area contributed by atoms with Crippen LogP contribution in [0.3, 0.4) is 0 Å². The lowest BCUT2D eigenvalue weighted by Gasteiger charge is -2.52. The third-order valence-electron chi connectivity index (χ3n) is 7.77. The standard InChI is InChI=1S/C25H43N5O15/c1-8(23(40)41)43-20-16(27)21(45-13(7-32)18(20)37)25(30-9(2)33,24(42)29-10(22(28)39)3-4-14(34)35)5-11-15(26)19(38)17(36)12(6-31)44-11/h8,10-13,15-21,31-32,36-38H,3-7,26-27H2,1-2H3,(H2,28,39)(H,29,42)(H,30,33)(H,34,35)(H,40,41)/t8-,10+,11?,12-,13-,15+,16-,17-,18-,19-,20-,21?,25-/m1/s1/i/hD. The predicted molar refractivity (Wildman–Crippen MR) is 147 cm³/mol. The van der Waals surface area contributed by atoms with Crippen molar-refractivity contribution in [3.8, 4) is 0 Å². The molecule has 13 atom stereocenters. The number of ether oxygens (including phenoxy) is 3. The molecule has 2 unspecified atom stereocenters. The van der Waals surface area contributed by atoms with Crippen molar-refractivity contribution in [2.45, 2.75) is 112 Å². The summed E-state index contributed by atoms with van der Waals surface area (Å²) in [6.45, 7) is 0.0804. The van der Waals surface area contributed by atoms with Gasteiger partial charge in [-0.3, -0.25) is 19.2 Å². The van der Waals surface area contributed by atoms with Gasteiger partial charge in [-0.1, -0.05) is 0 Å². The Morgan fingerprint density at radius 1 is 0.956 bits per heavy atom. The minimum Gasteiger partial charge on any atom is -0.481 e. The van der Waals surface area contributed by atoms with E-state index in [0.717, 1.165) is 13.8 Å². The fourth-order valence-corrected chi connectivity index (χ4v) is 5.34. The molecule has 0 aromatic heterocycles. The Kier molecular flexibility index (Phi) is 12.9. The van der Waals surface area contributed by atoms with Crippen LogP contribution in [0, 0.1) is 0 Å². The molecule has 45 heavy (non-hydrogen) atoms. The number of carboxylic acid groups (broad SMARTS) is 2. The van der Waals surface area contributed by atoms with Crippen LogP contribution in [0.5, 0.6) is 0 Å². The number of nitrogens with two attached hydrogens (primary N) is 3. The van der Waals surface area contributed by atoms with E-state index in [1.165, 1.54) is 0 Å². The Hall–Kier alpha value is -3.05. The third kappa shape index (κ3) is 8.82. The van der Waals surface area contributed by atoms with Gasteiger partial charge in [0, 0.05) is 19.8 Å². The normalized spacial score (nSPS) is 34.8. The fraction of sp³-hybridized carbons (Fsp3) is 0.800. The molecule has 0 aromatic carbocycles. The number of aliphatic carboxylic acids is 2. The highest BCUT2D eigenvalue weighted by Gasteiger charge is 2.60. The second kappa shape index (κ2) is 16.0. The molecule has 2 aliphatic heterocycles. The molecule has 3 amide bonds. The summed E-state index contributed by atoms with van der Waals surface area (Å²) in [7, 11) is 0. The first-order valence-corrected chi connectivity index (χ1v) is 13.9. The average Bonchev–Trinajstić information content (AvgIpc) is 2.99. The molecule has 15 N–H and O–H groups in total. The summed E-state index contributed by atoms with van der Waals surface area (Å²) in [5, 5.41) is 72.3. The van der Waals surface area contributed by atoms with Crippen LogP contribution >= 0.6 is 0 Å². The molecule has 0 spiro atoms. The molecular formula is C25H43N5O15. The predicted octanol–water partition coefficient (Wildman–Crippen LogP) is -6.80. The van der Waals surface area contributed by atoms with E-state index in [9.17, 15) is 54.6 Å². The first-order valence-electron chi connectivity index (χ1n) is 14.4. The van der Waals surface area contributed by atoms with Gasteiger partial charge < -0.3 is 77.8 Å². The van der Waals surface area contributed by atoms with Crippen molar-refractivity contribution in [1.82, 2.24) is 10.6 Å². The summed E-state index contributed by atoms with van der Waals surface area (Å²) in [6.07, 6.45) is -17.7.